The number of nitrogens with zero attached hydrogens (tertiary/aromatic N) is 8. The molecule has 71 heavy (non-hydrogen) atoms. The Kier molecular flexibility index (Phi) is 101. The van der Waals surface area contributed by atoms with Gasteiger partial charge in [-0.2, -0.15) is 0 Å². The molecule has 3 aliphatic rings. The van der Waals surface area contributed by atoms with E-state index in [-0.39, 0.29) is 37.6 Å². The van der Waals surface area contributed by atoms with Crippen LogP contribution >= 0.6 is 0 Å². The number of ether oxygens (including phenoxy) is 6. The lowest BCUT2D eigenvalue weighted by molar-refractivity contribution is -0.192. The standard InChI is InChI=1S/C8H17NO.C7H17NO.C7H14O2.C5H12N2.C5H14N2.C4H11N.C3H9N.C3H8O.C2H9NSi.C2H7N.C2H6O.C2H8Si.3CH4/c1-6-7(2)9(4)5-10-8(6)3;1-7(2,9-5)6-8(3)4;1-5-6(2)8-4-9-7(5)3;1-5-6(2)4-7(5)3;1-6(2)5-7(3)4;1-4-5(2)3;1-4(2)3;2*1-3-4-2;3*1-3-2;;;/h6-8H,5H2,1-4H3;6H2,1-5H3;5-7H,4H2,1-3H3;5H,4H2,1-3H3;5H2,1-4H3;4H2,1-3H3;1-3H3;3H2,1-2H3;3H,4H2,1-2H3;3H,1-2H3;1-2H3;3H2,1-2H3;3*1H4. The van der Waals surface area contributed by atoms with Gasteiger partial charge in [0, 0.05) is 69.7 Å². The highest BCUT2D eigenvalue weighted by Crippen LogP contribution is 2.21. The van der Waals surface area contributed by atoms with E-state index < -0.39 is 0 Å². The first-order chi connectivity index (χ1) is 31.2. The Morgan fingerprint density at radius 2 is 0.901 bits per heavy atom. The molecule has 0 spiro atoms. The molecule has 16 nitrogen and oxygen atoms in total. The van der Waals surface area contributed by atoms with E-state index in [9.17, 15) is 0 Å². The number of nitrogens with one attached hydrogen (secondary N) is 2. The van der Waals surface area contributed by atoms with Gasteiger partial charge in [-0.3, -0.25) is 24.5 Å². The molecule has 3 saturated heterocycles. The van der Waals surface area contributed by atoms with Gasteiger partial charge in [-0.15, -0.1) is 0 Å². The van der Waals surface area contributed by atoms with E-state index in [0.717, 1.165) is 39.8 Å². The van der Waals surface area contributed by atoms with Gasteiger partial charge < -0.3 is 53.4 Å². The monoisotopic (exact) mass is 1070 g/mol. The molecule has 0 aliphatic carbocycles. The summed E-state index contributed by atoms with van der Waals surface area (Å²) in [5, 5.41) is 2.75. The molecule has 0 saturated carbocycles. The van der Waals surface area contributed by atoms with E-state index in [4.69, 9.17) is 18.9 Å². The molecule has 0 radical (unpaired) electrons. The molecular formula is C53H144N10O6Si2. The van der Waals surface area contributed by atoms with E-state index in [2.05, 4.69) is 206 Å². The van der Waals surface area contributed by atoms with Crippen LogP contribution in [-0.2, 0) is 28.4 Å². The predicted molar refractivity (Wildman–Crippen MR) is 332 cm³/mol. The van der Waals surface area contributed by atoms with Gasteiger partial charge in [0.2, 0.25) is 0 Å². The third-order valence-corrected chi connectivity index (χ3v) is 10.4. The lowest BCUT2D eigenvalue weighted by Gasteiger charge is -2.44. The normalized spacial score (nSPS) is 20.3. The summed E-state index contributed by atoms with van der Waals surface area (Å²) < 4.78 is 30.0. The summed E-state index contributed by atoms with van der Waals surface area (Å²) in [6.45, 7) is 36.5. The number of rotatable bonds is 8. The minimum atomic E-state index is -0.0104. The first kappa shape index (κ1) is 99.8. The quantitative estimate of drug-likeness (QED) is 0.194. The van der Waals surface area contributed by atoms with Crippen LogP contribution in [0.3, 0.4) is 0 Å². The third kappa shape index (κ3) is 92.8. The zero-order valence-electron chi connectivity index (χ0n) is 52.9. The van der Waals surface area contributed by atoms with Crippen molar-refractivity contribution >= 4 is 19.2 Å². The van der Waals surface area contributed by atoms with Gasteiger partial charge in [0.25, 0.3) is 0 Å². The zero-order chi connectivity index (χ0) is 56.2. The Bertz CT molecular complexity index is 843. The summed E-state index contributed by atoms with van der Waals surface area (Å²) in [6, 6.07) is 0.656. The molecule has 5 atom stereocenters. The van der Waals surface area contributed by atoms with Gasteiger partial charge in [-0.1, -0.05) is 62.7 Å². The Balaban J connectivity index is -0.0000000545. The number of hydrogen-bond acceptors (Lipinski definition) is 16. The second-order valence-corrected chi connectivity index (χ2v) is 22.3. The van der Waals surface area contributed by atoms with E-state index in [1.807, 2.05) is 68.2 Å². The maximum absolute atomic E-state index is 5.50. The van der Waals surface area contributed by atoms with Crippen LogP contribution < -0.4 is 10.3 Å². The summed E-state index contributed by atoms with van der Waals surface area (Å²) >= 11 is 0. The molecule has 18 heteroatoms. The van der Waals surface area contributed by atoms with Crippen molar-refractivity contribution < 1.29 is 28.4 Å². The number of likely N-dealkylation sites (N-methyl/N-ethyl adjacent to an activating group) is 1. The lowest BCUT2D eigenvalue weighted by Crippen LogP contribution is -2.58. The summed E-state index contributed by atoms with van der Waals surface area (Å²) in [6.07, 6.45) is 1.80. The van der Waals surface area contributed by atoms with Crippen molar-refractivity contribution in [2.45, 2.75) is 154 Å². The number of hydrogen-bond donors (Lipinski definition) is 2. The van der Waals surface area contributed by atoms with Crippen molar-refractivity contribution in [2.75, 3.05) is 195 Å². The molecule has 3 rings (SSSR count). The molecular weight excluding hydrogens is 929 g/mol. The second kappa shape index (κ2) is 71.9. The van der Waals surface area contributed by atoms with Gasteiger partial charge in [0.15, 0.2) is 0 Å². The summed E-state index contributed by atoms with van der Waals surface area (Å²) in [7, 11) is 41.8. The average molecular weight is 1070 g/mol. The smallest absolute Gasteiger partial charge is 0.147 e. The van der Waals surface area contributed by atoms with E-state index in [1.165, 1.54) is 0 Å². The molecule has 450 valence electrons. The van der Waals surface area contributed by atoms with Crippen molar-refractivity contribution in [3.8, 4) is 0 Å². The molecule has 0 amide bonds. The highest BCUT2D eigenvalue weighted by atomic mass is 28.2. The van der Waals surface area contributed by atoms with Crippen molar-refractivity contribution in [2.24, 2.45) is 11.8 Å². The van der Waals surface area contributed by atoms with E-state index >= 15 is 0 Å². The minimum Gasteiger partial charge on any atom is -0.388 e. The van der Waals surface area contributed by atoms with Gasteiger partial charge in [0.1, 0.15) is 6.79 Å². The average Bonchev–Trinajstić information content (AvgIpc) is 3.24. The highest BCUT2D eigenvalue weighted by Gasteiger charge is 2.28. The fraction of sp³-hybridized carbons (Fsp3) is 1.00. The molecule has 3 heterocycles. The van der Waals surface area contributed by atoms with Gasteiger partial charge in [-0.25, -0.2) is 0 Å². The largest absolute Gasteiger partial charge is 0.388 e. The fourth-order valence-electron chi connectivity index (χ4n) is 4.46. The van der Waals surface area contributed by atoms with Crippen molar-refractivity contribution in [3.63, 3.8) is 0 Å². The van der Waals surface area contributed by atoms with Gasteiger partial charge in [-0.05, 0) is 188 Å². The number of methoxy groups -OCH3 is 3. The van der Waals surface area contributed by atoms with Gasteiger partial charge in [0.05, 0.1) is 53.2 Å². The third-order valence-electron chi connectivity index (χ3n) is 9.69. The molecule has 3 aliphatic heterocycles. The van der Waals surface area contributed by atoms with Crippen molar-refractivity contribution in [3.05, 3.63) is 0 Å². The minimum absolute atomic E-state index is 0. The molecule has 0 bridgehead atoms. The molecule has 2 N–H and O–H groups in total. The highest BCUT2D eigenvalue weighted by molar-refractivity contribution is 6.31. The van der Waals surface area contributed by atoms with Crippen LogP contribution in [0.4, 0.5) is 0 Å². The second-order valence-electron chi connectivity index (χ2n) is 19.5. The van der Waals surface area contributed by atoms with E-state index in [0.29, 0.717) is 58.7 Å². The first-order valence-corrected chi connectivity index (χ1v) is 30.0. The first-order valence-electron chi connectivity index (χ1n) is 25.1. The lowest BCUT2D eigenvalue weighted by atomic mass is 9.96. The van der Waals surface area contributed by atoms with Crippen LogP contribution in [-0.4, -0.2) is 289 Å². The topological polar surface area (TPSA) is 105 Å². The van der Waals surface area contributed by atoms with Crippen molar-refractivity contribution in [1.29, 1.82) is 0 Å². The molecule has 3 fully saturated rings. The Morgan fingerprint density at radius 1 is 0.606 bits per heavy atom. The van der Waals surface area contributed by atoms with Crippen LogP contribution in [0, 0.1) is 11.8 Å². The van der Waals surface area contributed by atoms with Crippen molar-refractivity contribution in [1.82, 2.24) is 49.5 Å². The fourth-order valence-corrected chi connectivity index (χ4v) is 4.46. The Labute approximate surface area is 456 Å². The molecule has 5 unspecified atom stereocenters. The summed E-state index contributed by atoms with van der Waals surface area (Å²) in [5.74, 6) is 1.18. The molecule has 0 aromatic rings. The van der Waals surface area contributed by atoms with Gasteiger partial charge >= 0.3 is 0 Å². The van der Waals surface area contributed by atoms with Crippen LogP contribution in [0.1, 0.15) is 98.4 Å². The van der Waals surface area contributed by atoms with Crippen LogP contribution in [0.2, 0.25) is 19.6 Å². The Hall–Kier alpha value is -0.206. The SMILES string of the molecule is C.C.C.CC1N(C)CN1C.CC1OCN(C)C(C)C1C.CC1OCOC(C)C1C.CCN(C)C.CCOC.CN(C)C.CN(C)CN(C)C.CNC.CN[SiH2]C.COC.COC(C)(C)CN(C)C.C[SiH2]C. The summed E-state index contributed by atoms with van der Waals surface area (Å²) in [4.78, 5) is 20.4. The zero-order valence-corrected chi connectivity index (χ0v) is 55.8. The van der Waals surface area contributed by atoms with Crippen LogP contribution in [0.15, 0.2) is 0 Å². The molecule has 0 aromatic carbocycles. The summed E-state index contributed by atoms with van der Waals surface area (Å²) in [5.41, 5.74) is -0.0104. The maximum Gasteiger partial charge on any atom is 0.147 e. The van der Waals surface area contributed by atoms with E-state index in [1.54, 1.807) is 28.4 Å². The molecule has 0 aromatic heterocycles. The Morgan fingerprint density at radius 3 is 1.03 bits per heavy atom. The van der Waals surface area contributed by atoms with Crippen LogP contribution in [0.5, 0.6) is 0 Å². The van der Waals surface area contributed by atoms with Crippen LogP contribution in [0.25, 0.3) is 0 Å². The predicted octanol–water partition coefficient (Wildman–Crippen LogP) is 6.92. The maximum atomic E-state index is 5.50.